The normalized spacial score (nSPS) is 10.1. The Bertz CT molecular complexity index is 376. The second-order valence-corrected chi connectivity index (χ2v) is 3.69. The standard InChI is InChI=1S/C12H19N3O/c1-3-5-6-7-15-10(9-13)8-11(14)12(15)16-4-2/h8H,3-7,14H2,1-2H3. The quantitative estimate of drug-likeness (QED) is 0.751. The molecule has 0 atom stereocenters. The van der Waals surface area contributed by atoms with Crippen LogP contribution in [0.1, 0.15) is 38.8 Å². The lowest BCUT2D eigenvalue weighted by Crippen LogP contribution is -2.06. The molecule has 1 aromatic heterocycles. The first-order chi connectivity index (χ1) is 7.74. The zero-order valence-corrected chi connectivity index (χ0v) is 9.99. The van der Waals surface area contributed by atoms with Crippen molar-refractivity contribution in [3.63, 3.8) is 0 Å². The van der Waals surface area contributed by atoms with Crippen molar-refractivity contribution >= 4 is 5.69 Å². The molecule has 0 aliphatic rings. The third kappa shape index (κ3) is 2.69. The van der Waals surface area contributed by atoms with E-state index in [9.17, 15) is 0 Å². The number of hydrogen-bond donors (Lipinski definition) is 1. The zero-order valence-electron chi connectivity index (χ0n) is 9.99. The number of rotatable bonds is 6. The van der Waals surface area contributed by atoms with E-state index in [-0.39, 0.29) is 0 Å². The van der Waals surface area contributed by atoms with E-state index in [1.165, 1.54) is 0 Å². The molecule has 0 aliphatic carbocycles. The predicted molar refractivity (Wildman–Crippen MR) is 64.3 cm³/mol. The fourth-order valence-corrected chi connectivity index (χ4v) is 1.68. The first-order valence-electron chi connectivity index (χ1n) is 5.76. The molecule has 88 valence electrons. The van der Waals surface area contributed by atoms with Crippen molar-refractivity contribution in [3.8, 4) is 11.9 Å². The molecule has 0 aliphatic heterocycles. The average molecular weight is 221 g/mol. The Morgan fingerprint density at radius 2 is 2.19 bits per heavy atom. The summed E-state index contributed by atoms with van der Waals surface area (Å²) < 4.78 is 7.34. The summed E-state index contributed by atoms with van der Waals surface area (Å²) in [5, 5.41) is 9.00. The molecule has 1 aromatic rings. The molecule has 1 rings (SSSR count). The average Bonchev–Trinajstić information content (AvgIpc) is 2.58. The van der Waals surface area contributed by atoms with E-state index in [0.717, 1.165) is 25.8 Å². The predicted octanol–water partition coefficient (Wildman–Crippen LogP) is 2.53. The third-order valence-corrected chi connectivity index (χ3v) is 2.46. The number of nitrogens with zero attached hydrogens (tertiary/aromatic N) is 2. The molecular weight excluding hydrogens is 202 g/mol. The summed E-state index contributed by atoms with van der Waals surface area (Å²) in [6.45, 7) is 5.42. The van der Waals surface area contributed by atoms with Gasteiger partial charge in [0.1, 0.15) is 11.8 Å². The number of aromatic nitrogens is 1. The minimum Gasteiger partial charge on any atom is -0.478 e. The van der Waals surface area contributed by atoms with Gasteiger partial charge in [-0.2, -0.15) is 5.26 Å². The number of unbranched alkanes of at least 4 members (excludes halogenated alkanes) is 2. The van der Waals surface area contributed by atoms with Crippen molar-refractivity contribution < 1.29 is 4.74 Å². The van der Waals surface area contributed by atoms with Gasteiger partial charge in [0, 0.05) is 12.6 Å². The molecule has 4 nitrogen and oxygen atoms in total. The van der Waals surface area contributed by atoms with Gasteiger partial charge in [-0.3, -0.25) is 0 Å². The van der Waals surface area contributed by atoms with Crippen LogP contribution in [-0.4, -0.2) is 11.2 Å². The lowest BCUT2D eigenvalue weighted by atomic mass is 10.2. The summed E-state index contributed by atoms with van der Waals surface area (Å²) in [4.78, 5) is 0. The van der Waals surface area contributed by atoms with E-state index < -0.39 is 0 Å². The Morgan fingerprint density at radius 1 is 1.44 bits per heavy atom. The highest BCUT2D eigenvalue weighted by molar-refractivity contribution is 5.55. The summed E-state index contributed by atoms with van der Waals surface area (Å²) in [6.07, 6.45) is 3.34. The molecule has 0 aromatic carbocycles. The molecule has 0 fully saturated rings. The molecular formula is C12H19N3O. The van der Waals surface area contributed by atoms with Crippen LogP contribution in [0.3, 0.4) is 0 Å². The van der Waals surface area contributed by atoms with E-state index in [1.54, 1.807) is 6.07 Å². The number of hydrogen-bond acceptors (Lipinski definition) is 3. The van der Waals surface area contributed by atoms with Crippen molar-refractivity contribution in [2.24, 2.45) is 0 Å². The van der Waals surface area contributed by atoms with Gasteiger partial charge in [-0.1, -0.05) is 19.8 Å². The SMILES string of the molecule is CCCCCn1c(C#N)cc(N)c1OCC. The third-order valence-electron chi connectivity index (χ3n) is 2.46. The van der Waals surface area contributed by atoms with Crippen LogP contribution in [0.15, 0.2) is 6.07 Å². The van der Waals surface area contributed by atoms with Gasteiger partial charge in [-0.25, -0.2) is 0 Å². The van der Waals surface area contributed by atoms with Crippen LogP contribution in [-0.2, 0) is 6.54 Å². The smallest absolute Gasteiger partial charge is 0.218 e. The van der Waals surface area contributed by atoms with Crippen LogP contribution in [0.5, 0.6) is 5.88 Å². The molecule has 16 heavy (non-hydrogen) atoms. The van der Waals surface area contributed by atoms with Gasteiger partial charge >= 0.3 is 0 Å². The molecule has 0 spiro atoms. The summed E-state index contributed by atoms with van der Waals surface area (Å²) in [7, 11) is 0. The summed E-state index contributed by atoms with van der Waals surface area (Å²) in [6, 6.07) is 3.82. The molecule has 4 heteroatoms. The molecule has 0 saturated carbocycles. The molecule has 0 amide bonds. The molecule has 2 N–H and O–H groups in total. The maximum Gasteiger partial charge on any atom is 0.218 e. The van der Waals surface area contributed by atoms with Gasteiger partial charge in [-0.05, 0) is 13.3 Å². The zero-order chi connectivity index (χ0) is 12.0. The van der Waals surface area contributed by atoms with Crippen molar-refractivity contribution in [3.05, 3.63) is 11.8 Å². The van der Waals surface area contributed by atoms with Crippen molar-refractivity contribution in [1.82, 2.24) is 4.57 Å². The Balaban J connectivity index is 2.88. The lowest BCUT2D eigenvalue weighted by molar-refractivity contribution is 0.309. The Labute approximate surface area is 96.6 Å². The van der Waals surface area contributed by atoms with Crippen LogP contribution in [0.2, 0.25) is 0 Å². The molecule has 0 radical (unpaired) electrons. The monoisotopic (exact) mass is 221 g/mol. The van der Waals surface area contributed by atoms with Crippen LogP contribution >= 0.6 is 0 Å². The van der Waals surface area contributed by atoms with Crippen LogP contribution in [0.25, 0.3) is 0 Å². The van der Waals surface area contributed by atoms with Gasteiger partial charge < -0.3 is 15.0 Å². The van der Waals surface area contributed by atoms with E-state index in [2.05, 4.69) is 13.0 Å². The Morgan fingerprint density at radius 3 is 2.75 bits per heavy atom. The van der Waals surface area contributed by atoms with Crippen LogP contribution in [0, 0.1) is 11.3 Å². The second kappa shape index (κ2) is 6.06. The minimum absolute atomic E-state index is 0.551. The van der Waals surface area contributed by atoms with Gasteiger partial charge in [0.15, 0.2) is 0 Å². The lowest BCUT2D eigenvalue weighted by Gasteiger charge is -2.10. The summed E-state index contributed by atoms with van der Waals surface area (Å²) in [5.41, 5.74) is 6.94. The highest BCUT2D eigenvalue weighted by Crippen LogP contribution is 2.27. The fourth-order valence-electron chi connectivity index (χ4n) is 1.68. The van der Waals surface area contributed by atoms with Gasteiger partial charge in [0.2, 0.25) is 5.88 Å². The van der Waals surface area contributed by atoms with Crippen LogP contribution < -0.4 is 10.5 Å². The van der Waals surface area contributed by atoms with Gasteiger partial charge in [-0.15, -0.1) is 0 Å². The molecule has 1 heterocycles. The van der Waals surface area contributed by atoms with Crippen LogP contribution in [0.4, 0.5) is 5.69 Å². The first-order valence-corrected chi connectivity index (χ1v) is 5.76. The van der Waals surface area contributed by atoms with E-state index in [1.807, 2.05) is 11.5 Å². The topological polar surface area (TPSA) is 64.0 Å². The number of nitrogen functional groups attached to an aromatic ring is 1. The molecule has 0 bridgehead atoms. The van der Waals surface area contributed by atoms with E-state index in [0.29, 0.717) is 23.9 Å². The maximum absolute atomic E-state index is 9.00. The fraction of sp³-hybridized carbons (Fsp3) is 0.583. The largest absolute Gasteiger partial charge is 0.478 e. The van der Waals surface area contributed by atoms with E-state index >= 15 is 0 Å². The van der Waals surface area contributed by atoms with Gasteiger partial charge in [0.05, 0.1) is 12.3 Å². The van der Waals surface area contributed by atoms with E-state index in [4.69, 9.17) is 15.7 Å². The first kappa shape index (κ1) is 12.4. The molecule has 0 saturated heterocycles. The number of ether oxygens (including phenoxy) is 1. The van der Waals surface area contributed by atoms with Crippen molar-refractivity contribution in [2.75, 3.05) is 12.3 Å². The van der Waals surface area contributed by atoms with Gasteiger partial charge in [0.25, 0.3) is 0 Å². The maximum atomic E-state index is 9.00. The summed E-state index contributed by atoms with van der Waals surface area (Å²) in [5.74, 6) is 0.634. The summed E-state index contributed by atoms with van der Waals surface area (Å²) >= 11 is 0. The Kier molecular flexibility index (Phi) is 4.71. The highest BCUT2D eigenvalue weighted by atomic mass is 16.5. The number of nitriles is 1. The minimum atomic E-state index is 0.551. The Hall–Kier alpha value is -1.63. The molecule has 0 unspecified atom stereocenters. The van der Waals surface area contributed by atoms with Crippen molar-refractivity contribution in [1.29, 1.82) is 5.26 Å². The number of nitrogens with two attached hydrogens (primary N) is 1. The highest BCUT2D eigenvalue weighted by Gasteiger charge is 2.13. The number of anilines is 1. The second-order valence-electron chi connectivity index (χ2n) is 3.69. The van der Waals surface area contributed by atoms with Crippen molar-refractivity contribution in [2.45, 2.75) is 39.7 Å².